The molecule has 0 bridgehead atoms. The molecule has 0 unspecified atom stereocenters. The number of nitrogens with one attached hydrogen (secondary N) is 1. The van der Waals surface area contributed by atoms with Crippen molar-refractivity contribution in [2.75, 3.05) is 19.0 Å². The van der Waals surface area contributed by atoms with Crippen LogP contribution in [0.2, 0.25) is 0 Å². The summed E-state index contributed by atoms with van der Waals surface area (Å²) < 4.78 is 10.1. The van der Waals surface area contributed by atoms with Crippen LogP contribution < -0.4 is 10.1 Å². The molecule has 2 heterocycles. The Kier molecular flexibility index (Phi) is 4.98. The van der Waals surface area contributed by atoms with Gasteiger partial charge in [0.05, 0.1) is 18.7 Å². The van der Waals surface area contributed by atoms with Gasteiger partial charge in [-0.15, -0.1) is 22.7 Å². The van der Waals surface area contributed by atoms with Gasteiger partial charge in [0.1, 0.15) is 15.5 Å². The minimum Gasteiger partial charge on any atom is -0.495 e. The number of ether oxygens (including phenoxy) is 2. The number of carbonyl (C=O) groups excluding carboxylic acids is 2. The van der Waals surface area contributed by atoms with Gasteiger partial charge in [0.15, 0.2) is 0 Å². The molecular weight excluding hydrogens is 310 g/mol. The normalized spacial score (nSPS) is 10.2. The zero-order valence-corrected chi connectivity index (χ0v) is 13.5. The first-order valence-electron chi connectivity index (χ1n) is 6.27. The fourth-order valence-electron chi connectivity index (χ4n) is 1.74. The first-order chi connectivity index (χ1) is 10.1. The number of rotatable bonds is 5. The smallest absolute Gasteiger partial charge is 0.348 e. The van der Waals surface area contributed by atoms with Gasteiger partial charge in [-0.3, -0.25) is 4.79 Å². The SMILES string of the molecule is CCOC(=O)c1sc(NC(=O)c2sccc2OC)cc1C. The highest BCUT2D eigenvalue weighted by Crippen LogP contribution is 2.30. The van der Waals surface area contributed by atoms with Gasteiger partial charge in [-0.05, 0) is 36.9 Å². The molecule has 0 saturated carbocycles. The van der Waals surface area contributed by atoms with Gasteiger partial charge in [0, 0.05) is 0 Å². The van der Waals surface area contributed by atoms with Gasteiger partial charge in [-0.1, -0.05) is 0 Å². The maximum Gasteiger partial charge on any atom is 0.348 e. The van der Waals surface area contributed by atoms with E-state index in [2.05, 4.69) is 5.32 Å². The van der Waals surface area contributed by atoms with E-state index >= 15 is 0 Å². The molecule has 2 aromatic heterocycles. The van der Waals surface area contributed by atoms with Gasteiger partial charge < -0.3 is 14.8 Å². The fraction of sp³-hybridized carbons (Fsp3) is 0.286. The number of anilines is 1. The molecule has 0 saturated heterocycles. The lowest BCUT2D eigenvalue weighted by Gasteiger charge is -2.02. The predicted octanol–water partition coefficient (Wildman–Crippen LogP) is 3.56. The largest absolute Gasteiger partial charge is 0.495 e. The second-order valence-corrected chi connectivity index (χ2v) is 6.08. The molecule has 21 heavy (non-hydrogen) atoms. The average Bonchev–Trinajstić information content (AvgIpc) is 3.05. The summed E-state index contributed by atoms with van der Waals surface area (Å²) in [5.41, 5.74) is 0.784. The fourth-order valence-corrected chi connectivity index (χ4v) is 3.45. The summed E-state index contributed by atoms with van der Waals surface area (Å²) in [5.74, 6) is -0.0795. The second kappa shape index (κ2) is 6.73. The summed E-state index contributed by atoms with van der Waals surface area (Å²) in [6.45, 7) is 3.89. The van der Waals surface area contributed by atoms with E-state index in [1.165, 1.54) is 29.8 Å². The number of hydrogen-bond donors (Lipinski definition) is 1. The first kappa shape index (κ1) is 15.5. The van der Waals surface area contributed by atoms with Crippen LogP contribution in [0.4, 0.5) is 5.00 Å². The topological polar surface area (TPSA) is 64.6 Å². The number of methoxy groups -OCH3 is 1. The van der Waals surface area contributed by atoms with Crippen molar-refractivity contribution in [2.45, 2.75) is 13.8 Å². The molecule has 0 fully saturated rings. The molecule has 1 N–H and O–H groups in total. The summed E-state index contributed by atoms with van der Waals surface area (Å²) in [4.78, 5) is 24.9. The van der Waals surface area contributed by atoms with E-state index in [1.54, 1.807) is 24.4 Å². The highest BCUT2D eigenvalue weighted by atomic mass is 32.1. The number of amides is 1. The molecule has 7 heteroatoms. The lowest BCUT2D eigenvalue weighted by molar-refractivity contribution is 0.0531. The third-order valence-corrected chi connectivity index (χ3v) is 4.70. The molecule has 0 aliphatic heterocycles. The second-order valence-electron chi connectivity index (χ2n) is 4.12. The summed E-state index contributed by atoms with van der Waals surface area (Å²) in [5, 5.41) is 5.18. The number of hydrogen-bond acceptors (Lipinski definition) is 6. The van der Waals surface area contributed by atoms with Crippen LogP contribution >= 0.6 is 22.7 Å². The molecule has 0 radical (unpaired) electrons. The zero-order chi connectivity index (χ0) is 15.4. The Balaban J connectivity index is 2.15. The first-order valence-corrected chi connectivity index (χ1v) is 7.96. The highest BCUT2D eigenvalue weighted by Gasteiger charge is 2.18. The van der Waals surface area contributed by atoms with Crippen LogP contribution in [0.15, 0.2) is 17.5 Å². The quantitative estimate of drug-likeness (QED) is 0.854. The van der Waals surface area contributed by atoms with Crippen LogP contribution in [0.25, 0.3) is 0 Å². The third kappa shape index (κ3) is 3.43. The van der Waals surface area contributed by atoms with E-state index in [9.17, 15) is 9.59 Å². The van der Waals surface area contributed by atoms with Crippen molar-refractivity contribution in [3.05, 3.63) is 32.8 Å². The van der Waals surface area contributed by atoms with Crippen LogP contribution in [0.3, 0.4) is 0 Å². The Bertz CT molecular complexity index is 660. The molecule has 0 atom stereocenters. The van der Waals surface area contributed by atoms with Crippen LogP contribution in [0, 0.1) is 6.92 Å². The lowest BCUT2D eigenvalue weighted by atomic mass is 10.3. The van der Waals surface area contributed by atoms with Crippen molar-refractivity contribution in [1.82, 2.24) is 0 Å². The number of aryl methyl sites for hydroxylation is 1. The Morgan fingerprint density at radius 2 is 2.10 bits per heavy atom. The van der Waals surface area contributed by atoms with Gasteiger partial charge in [0.25, 0.3) is 5.91 Å². The molecule has 0 aromatic carbocycles. The van der Waals surface area contributed by atoms with Crippen molar-refractivity contribution >= 4 is 39.6 Å². The molecule has 0 aliphatic rings. The summed E-state index contributed by atoms with van der Waals surface area (Å²) in [6.07, 6.45) is 0. The van der Waals surface area contributed by atoms with Crippen molar-refractivity contribution < 1.29 is 19.1 Å². The molecule has 5 nitrogen and oxygen atoms in total. The molecule has 2 aromatic rings. The summed E-state index contributed by atoms with van der Waals surface area (Å²) >= 11 is 2.51. The Morgan fingerprint density at radius 1 is 1.33 bits per heavy atom. The van der Waals surface area contributed by atoms with Crippen molar-refractivity contribution in [2.24, 2.45) is 0 Å². The highest BCUT2D eigenvalue weighted by molar-refractivity contribution is 7.18. The summed E-state index contributed by atoms with van der Waals surface area (Å²) in [6, 6.07) is 3.50. The van der Waals surface area contributed by atoms with Gasteiger partial charge in [0.2, 0.25) is 0 Å². The van der Waals surface area contributed by atoms with Crippen molar-refractivity contribution in [3.8, 4) is 5.75 Å². The molecule has 0 aliphatic carbocycles. The van der Waals surface area contributed by atoms with E-state index in [0.29, 0.717) is 27.1 Å². The minimum atomic E-state index is -0.366. The van der Waals surface area contributed by atoms with E-state index in [-0.39, 0.29) is 11.9 Å². The van der Waals surface area contributed by atoms with E-state index in [4.69, 9.17) is 9.47 Å². The van der Waals surface area contributed by atoms with E-state index in [0.717, 1.165) is 5.56 Å². The predicted molar refractivity (Wildman–Crippen MR) is 83.8 cm³/mol. The third-order valence-electron chi connectivity index (χ3n) is 2.67. The lowest BCUT2D eigenvalue weighted by Crippen LogP contribution is -2.10. The van der Waals surface area contributed by atoms with Gasteiger partial charge in [-0.2, -0.15) is 0 Å². The van der Waals surface area contributed by atoms with Crippen LogP contribution in [0.1, 0.15) is 31.8 Å². The zero-order valence-electron chi connectivity index (χ0n) is 11.9. The molecule has 0 spiro atoms. The van der Waals surface area contributed by atoms with Crippen molar-refractivity contribution in [3.63, 3.8) is 0 Å². The Hall–Kier alpha value is -1.86. The molecule has 2 rings (SSSR count). The molecule has 1 amide bonds. The minimum absolute atomic E-state index is 0.251. The van der Waals surface area contributed by atoms with Crippen LogP contribution in [-0.2, 0) is 4.74 Å². The molecular formula is C14H15NO4S2. The van der Waals surface area contributed by atoms with Crippen molar-refractivity contribution in [1.29, 1.82) is 0 Å². The summed E-state index contributed by atoms with van der Waals surface area (Å²) in [7, 11) is 1.52. The Morgan fingerprint density at radius 3 is 2.76 bits per heavy atom. The van der Waals surface area contributed by atoms with E-state index < -0.39 is 0 Å². The monoisotopic (exact) mass is 325 g/mol. The Labute approximate surface area is 130 Å². The average molecular weight is 325 g/mol. The molecule has 112 valence electrons. The van der Waals surface area contributed by atoms with E-state index in [1.807, 2.05) is 6.92 Å². The maximum absolute atomic E-state index is 12.2. The van der Waals surface area contributed by atoms with Crippen LogP contribution in [-0.4, -0.2) is 25.6 Å². The standard InChI is InChI=1S/C14H15NO4S2/c1-4-19-14(17)11-8(2)7-10(21-11)15-13(16)12-9(18-3)5-6-20-12/h5-7H,4H2,1-3H3,(H,15,16). The number of carbonyl (C=O) groups is 2. The number of thiophene rings is 2. The number of esters is 1. The maximum atomic E-state index is 12.2. The van der Waals surface area contributed by atoms with Gasteiger partial charge in [-0.25, -0.2) is 4.79 Å². The van der Waals surface area contributed by atoms with Gasteiger partial charge >= 0.3 is 5.97 Å². The van der Waals surface area contributed by atoms with Crippen LogP contribution in [0.5, 0.6) is 5.75 Å².